The van der Waals surface area contributed by atoms with Crippen LogP contribution in [0, 0.1) is 11.3 Å². The lowest BCUT2D eigenvalue weighted by Gasteiger charge is -2.21. The number of hydrogen-bond donors (Lipinski definition) is 1. The molecule has 0 spiro atoms. The van der Waals surface area contributed by atoms with Gasteiger partial charge in [0, 0.05) is 30.6 Å². The fourth-order valence-electron chi connectivity index (χ4n) is 3.82. The van der Waals surface area contributed by atoms with E-state index in [4.69, 9.17) is 11.6 Å². The molecule has 5 rings (SSSR count). The number of pyridine rings is 1. The number of nitrogens with zero attached hydrogens (tertiary/aromatic N) is 7. The van der Waals surface area contributed by atoms with E-state index in [9.17, 15) is 10.1 Å². The Hall–Kier alpha value is -4.43. The molecule has 0 radical (unpaired) electrons. The molecule has 0 amide bonds. The summed E-state index contributed by atoms with van der Waals surface area (Å²) in [6.45, 7) is 1.33. The maximum atomic E-state index is 16.3. The Morgan fingerprint density at radius 2 is 2.03 bits per heavy atom. The largest absolute Gasteiger partial charge is 0.439 e. The minimum absolute atomic E-state index is 0.00142. The molecule has 12 heteroatoms. The van der Waals surface area contributed by atoms with Crippen LogP contribution in [0.4, 0.5) is 4.39 Å². The topological polar surface area (TPSA) is 139 Å². The van der Waals surface area contributed by atoms with Gasteiger partial charge < -0.3 is 4.57 Å². The van der Waals surface area contributed by atoms with Gasteiger partial charge in [-0.3, -0.25) is 14.5 Å². The van der Waals surface area contributed by atoms with Gasteiger partial charge >= 0.3 is 5.76 Å². The summed E-state index contributed by atoms with van der Waals surface area (Å²) in [5.74, 6) is -0.790. The molecule has 168 valence electrons. The Labute approximate surface area is 195 Å². The predicted octanol–water partition coefficient (Wildman–Crippen LogP) is 3.53. The van der Waals surface area contributed by atoms with Crippen LogP contribution < -0.4 is 5.76 Å². The number of halogens is 2. The Morgan fingerprint density at radius 1 is 1.24 bits per heavy atom. The van der Waals surface area contributed by atoms with Crippen molar-refractivity contribution in [1.29, 1.82) is 5.26 Å². The van der Waals surface area contributed by atoms with E-state index in [0.717, 1.165) is 0 Å². The Morgan fingerprint density at radius 3 is 2.74 bits per heavy atom. The van der Waals surface area contributed by atoms with Crippen LogP contribution >= 0.6 is 11.6 Å². The third-order valence-electron chi connectivity index (χ3n) is 5.33. The first-order valence-electron chi connectivity index (χ1n) is 9.90. The Kier molecular flexibility index (Phi) is 4.95. The molecule has 1 aromatic carbocycles. The minimum Gasteiger partial charge on any atom is -0.325 e. The molecule has 0 saturated carbocycles. The van der Waals surface area contributed by atoms with E-state index in [1.54, 1.807) is 25.2 Å². The summed E-state index contributed by atoms with van der Waals surface area (Å²) >= 11 is 6.14. The van der Waals surface area contributed by atoms with Gasteiger partial charge in [0.25, 0.3) is 0 Å². The molecule has 0 bridgehead atoms. The lowest BCUT2D eigenvalue weighted by atomic mass is 9.92. The molecule has 0 fully saturated rings. The summed E-state index contributed by atoms with van der Waals surface area (Å²) in [5.41, 5.74) is -0.411. The van der Waals surface area contributed by atoms with E-state index in [0.29, 0.717) is 21.8 Å². The smallest absolute Gasteiger partial charge is 0.325 e. The van der Waals surface area contributed by atoms with Crippen molar-refractivity contribution in [1.82, 2.24) is 34.6 Å². The van der Waals surface area contributed by atoms with Crippen molar-refractivity contribution in [3.8, 4) is 29.0 Å². The van der Waals surface area contributed by atoms with Gasteiger partial charge in [-0.05, 0) is 19.1 Å². The van der Waals surface area contributed by atoms with Gasteiger partial charge in [-0.25, -0.2) is 24.1 Å². The average Bonchev–Trinajstić information content (AvgIpc) is 3.42. The molecule has 1 unspecified atom stereocenters. The molecule has 0 aliphatic heterocycles. The Bertz CT molecular complexity index is 1660. The SMILES string of the molecule is Cn1c(C(C)(F)c2ccccc2C#N)nc2nc(-c3noc(=O)[nH]3)nc(-c3cncc(Cl)c3)c21. The number of aromatic amines is 1. The molecule has 4 aromatic heterocycles. The number of alkyl halides is 1. The van der Waals surface area contributed by atoms with Gasteiger partial charge in [0.1, 0.15) is 11.2 Å². The van der Waals surface area contributed by atoms with Gasteiger partial charge in [0.05, 0.1) is 16.7 Å². The van der Waals surface area contributed by atoms with Crippen LogP contribution in [-0.2, 0) is 12.7 Å². The Balaban J connectivity index is 1.82. The number of rotatable bonds is 4. The number of imidazole rings is 1. The van der Waals surface area contributed by atoms with Crippen LogP contribution in [0.1, 0.15) is 23.9 Å². The summed E-state index contributed by atoms with van der Waals surface area (Å²) in [7, 11) is 1.62. The van der Waals surface area contributed by atoms with E-state index >= 15 is 4.39 Å². The van der Waals surface area contributed by atoms with E-state index < -0.39 is 11.4 Å². The van der Waals surface area contributed by atoms with Crippen molar-refractivity contribution in [2.45, 2.75) is 12.6 Å². The lowest BCUT2D eigenvalue weighted by Crippen LogP contribution is -2.23. The normalized spacial score (nSPS) is 13.0. The van der Waals surface area contributed by atoms with Crippen LogP contribution in [0.2, 0.25) is 5.02 Å². The number of nitrogens with one attached hydrogen (secondary N) is 1. The van der Waals surface area contributed by atoms with Gasteiger partial charge in [-0.1, -0.05) is 35.0 Å². The molecule has 1 N–H and O–H groups in total. The van der Waals surface area contributed by atoms with Gasteiger partial charge in [0.15, 0.2) is 17.1 Å². The second kappa shape index (κ2) is 7.86. The minimum atomic E-state index is -2.14. The summed E-state index contributed by atoms with van der Waals surface area (Å²) in [6.07, 6.45) is 3.00. The first-order chi connectivity index (χ1) is 16.3. The number of benzene rings is 1. The number of nitriles is 1. The zero-order chi connectivity index (χ0) is 24.0. The lowest BCUT2D eigenvalue weighted by molar-refractivity contribution is 0.231. The molecule has 1 atom stereocenters. The molecular weight excluding hydrogens is 463 g/mol. The van der Waals surface area contributed by atoms with Crippen molar-refractivity contribution in [2.24, 2.45) is 7.05 Å². The third-order valence-corrected chi connectivity index (χ3v) is 5.54. The highest BCUT2D eigenvalue weighted by Crippen LogP contribution is 2.38. The van der Waals surface area contributed by atoms with Crippen molar-refractivity contribution in [3.63, 3.8) is 0 Å². The molecule has 0 aliphatic carbocycles. The van der Waals surface area contributed by atoms with Gasteiger partial charge in [-0.15, -0.1) is 0 Å². The fraction of sp³-hybridized carbons (Fsp3) is 0.136. The first-order valence-corrected chi connectivity index (χ1v) is 10.3. The summed E-state index contributed by atoms with van der Waals surface area (Å²) in [6, 6.07) is 10.0. The van der Waals surface area contributed by atoms with Crippen LogP contribution in [0.3, 0.4) is 0 Å². The summed E-state index contributed by atoms with van der Waals surface area (Å²) in [4.78, 5) is 31.3. The molecule has 0 aliphatic rings. The fourth-order valence-corrected chi connectivity index (χ4v) is 3.99. The zero-order valence-electron chi connectivity index (χ0n) is 17.7. The number of aryl methyl sites for hydroxylation is 1. The van der Waals surface area contributed by atoms with Crippen molar-refractivity contribution < 1.29 is 8.91 Å². The number of H-pyrrole nitrogens is 1. The van der Waals surface area contributed by atoms with Crippen LogP contribution in [0.15, 0.2) is 52.0 Å². The van der Waals surface area contributed by atoms with E-state index in [1.165, 1.54) is 36.0 Å². The predicted molar refractivity (Wildman–Crippen MR) is 119 cm³/mol. The van der Waals surface area contributed by atoms with Crippen molar-refractivity contribution in [2.75, 3.05) is 0 Å². The zero-order valence-corrected chi connectivity index (χ0v) is 18.5. The van der Waals surface area contributed by atoms with Crippen molar-refractivity contribution >= 4 is 22.8 Å². The highest BCUT2D eigenvalue weighted by atomic mass is 35.5. The second-order valence-electron chi connectivity index (χ2n) is 7.56. The standard InChI is InChI=1S/C22H14ClFN8O2/c1-22(24,14-6-4-3-5-11(14)8-25)20-29-17-16(32(20)2)15(12-7-13(23)10-26-9-12)27-18(28-17)19-30-21(33)34-31-19/h3-7,9-10H,1-2H3,(H,30,31,33). The summed E-state index contributed by atoms with van der Waals surface area (Å²) < 4.78 is 22.4. The maximum Gasteiger partial charge on any atom is 0.439 e. The second-order valence-corrected chi connectivity index (χ2v) is 7.99. The van der Waals surface area contributed by atoms with Crippen LogP contribution in [-0.4, -0.2) is 34.6 Å². The van der Waals surface area contributed by atoms with E-state index in [2.05, 4.69) is 34.6 Å². The molecule has 34 heavy (non-hydrogen) atoms. The summed E-state index contributed by atoms with van der Waals surface area (Å²) in [5, 5.41) is 13.5. The number of fused-ring (bicyclic) bond motifs is 1. The molecule has 5 aromatic rings. The maximum absolute atomic E-state index is 16.3. The molecular formula is C22H14ClFN8O2. The number of aromatic nitrogens is 7. The van der Waals surface area contributed by atoms with Crippen molar-refractivity contribution in [3.05, 3.63) is 75.3 Å². The highest BCUT2D eigenvalue weighted by molar-refractivity contribution is 6.30. The number of hydrogen-bond acceptors (Lipinski definition) is 8. The van der Waals surface area contributed by atoms with Gasteiger partial charge in [0.2, 0.25) is 11.6 Å². The average molecular weight is 477 g/mol. The quantitative estimate of drug-likeness (QED) is 0.415. The molecule has 10 nitrogen and oxygen atoms in total. The van der Waals surface area contributed by atoms with E-state index in [1.807, 2.05) is 6.07 Å². The van der Waals surface area contributed by atoms with Crippen LogP contribution in [0.5, 0.6) is 0 Å². The molecule has 4 heterocycles. The first kappa shape index (κ1) is 21.4. The monoisotopic (exact) mass is 476 g/mol. The third kappa shape index (κ3) is 3.41. The van der Waals surface area contributed by atoms with E-state index in [-0.39, 0.29) is 34.2 Å². The van der Waals surface area contributed by atoms with Crippen LogP contribution in [0.25, 0.3) is 34.1 Å². The highest BCUT2D eigenvalue weighted by Gasteiger charge is 2.37. The molecule has 0 saturated heterocycles. The van der Waals surface area contributed by atoms with Gasteiger partial charge in [-0.2, -0.15) is 5.26 Å².